The highest BCUT2D eigenvalue weighted by atomic mass is 79.9. The van der Waals surface area contributed by atoms with Crippen LogP contribution >= 0.6 is 27.5 Å². The molecule has 1 atom stereocenters. The Kier molecular flexibility index (Phi) is 4.44. The molecule has 18 heavy (non-hydrogen) atoms. The molecule has 0 saturated carbocycles. The Morgan fingerprint density at radius 1 is 1.17 bits per heavy atom. The Morgan fingerprint density at radius 2 is 1.83 bits per heavy atom. The first-order valence-corrected chi connectivity index (χ1v) is 6.99. The van der Waals surface area contributed by atoms with Gasteiger partial charge in [-0.2, -0.15) is 0 Å². The van der Waals surface area contributed by atoms with E-state index in [0.717, 1.165) is 15.9 Å². The van der Waals surface area contributed by atoms with Gasteiger partial charge in [-0.1, -0.05) is 45.7 Å². The molecule has 0 saturated heterocycles. The third-order valence-corrected chi connectivity index (χ3v) is 3.75. The lowest BCUT2D eigenvalue weighted by atomic mass is 9.96. The van der Waals surface area contributed by atoms with Gasteiger partial charge in [0, 0.05) is 15.5 Å². The van der Waals surface area contributed by atoms with Crippen molar-refractivity contribution in [2.45, 2.75) is 19.4 Å². The zero-order valence-electron chi connectivity index (χ0n) is 10.2. The van der Waals surface area contributed by atoms with Crippen LogP contribution in [-0.4, -0.2) is 0 Å². The zero-order valence-corrected chi connectivity index (χ0v) is 12.5. The summed E-state index contributed by atoms with van der Waals surface area (Å²) in [5.74, 6) is 0. The second-order valence-corrected chi connectivity index (χ2v) is 5.79. The van der Waals surface area contributed by atoms with Crippen LogP contribution < -0.4 is 5.73 Å². The molecular weight excluding hydrogens is 310 g/mol. The van der Waals surface area contributed by atoms with Crippen molar-refractivity contribution in [2.75, 3.05) is 0 Å². The van der Waals surface area contributed by atoms with Crippen LogP contribution in [0, 0.1) is 6.92 Å². The van der Waals surface area contributed by atoms with Crippen molar-refractivity contribution in [1.29, 1.82) is 0 Å². The van der Waals surface area contributed by atoms with Crippen molar-refractivity contribution in [3.05, 3.63) is 68.7 Å². The van der Waals surface area contributed by atoms with Crippen LogP contribution in [0.1, 0.15) is 22.7 Å². The molecule has 0 aliphatic carbocycles. The van der Waals surface area contributed by atoms with Gasteiger partial charge in [-0.25, -0.2) is 0 Å². The van der Waals surface area contributed by atoms with Gasteiger partial charge < -0.3 is 5.73 Å². The summed E-state index contributed by atoms with van der Waals surface area (Å²) in [6.07, 6.45) is 0.819. The maximum Gasteiger partial charge on any atom is 0.0406 e. The number of hydrogen-bond acceptors (Lipinski definition) is 1. The average molecular weight is 325 g/mol. The van der Waals surface area contributed by atoms with Gasteiger partial charge in [0.1, 0.15) is 0 Å². The van der Waals surface area contributed by atoms with Crippen molar-refractivity contribution < 1.29 is 0 Å². The number of hydrogen-bond donors (Lipinski definition) is 1. The van der Waals surface area contributed by atoms with E-state index in [4.69, 9.17) is 17.3 Å². The minimum Gasteiger partial charge on any atom is -0.324 e. The molecule has 0 fully saturated rings. The second-order valence-electron chi connectivity index (χ2n) is 4.44. The van der Waals surface area contributed by atoms with E-state index >= 15 is 0 Å². The first kappa shape index (κ1) is 13.6. The van der Waals surface area contributed by atoms with Gasteiger partial charge in [-0.3, -0.25) is 0 Å². The molecule has 1 unspecified atom stereocenters. The Balaban J connectivity index is 2.16. The van der Waals surface area contributed by atoms with E-state index in [1.165, 1.54) is 16.7 Å². The number of halogens is 2. The molecule has 3 heteroatoms. The summed E-state index contributed by atoms with van der Waals surface area (Å²) < 4.78 is 1.09. The number of rotatable bonds is 3. The summed E-state index contributed by atoms with van der Waals surface area (Å²) >= 11 is 9.34. The van der Waals surface area contributed by atoms with Crippen LogP contribution in [0.4, 0.5) is 0 Å². The van der Waals surface area contributed by atoms with E-state index in [1.807, 2.05) is 30.3 Å². The van der Waals surface area contributed by atoms with Crippen LogP contribution in [-0.2, 0) is 6.42 Å². The monoisotopic (exact) mass is 323 g/mol. The molecule has 0 aliphatic heterocycles. The van der Waals surface area contributed by atoms with Gasteiger partial charge in [-0.05, 0) is 54.3 Å². The molecule has 94 valence electrons. The van der Waals surface area contributed by atoms with Crippen molar-refractivity contribution in [3.63, 3.8) is 0 Å². The first-order chi connectivity index (χ1) is 8.56. The van der Waals surface area contributed by atoms with Crippen molar-refractivity contribution in [1.82, 2.24) is 0 Å². The smallest absolute Gasteiger partial charge is 0.0406 e. The maximum atomic E-state index is 6.27. The molecule has 0 amide bonds. The summed E-state index contributed by atoms with van der Waals surface area (Å²) in [5.41, 5.74) is 9.87. The number of nitrogens with two attached hydrogens (primary N) is 1. The Hall–Kier alpha value is -0.830. The number of aryl methyl sites for hydroxylation is 1. The second kappa shape index (κ2) is 5.87. The highest BCUT2D eigenvalue weighted by molar-refractivity contribution is 9.10. The van der Waals surface area contributed by atoms with Crippen molar-refractivity contribution in [3.8, 4) is 0 Å². The van der Waals surface area contributed by atoms with E-state index in [9.17, 15) is 0 Å². The summed E-state index contributed by atoms with van der Waals surface area (Å²) in [7, 11) is 0. The Morgan fingerprint density at radius 3 is 2.44 bits per heavy atom. The normalized spacial score (nSPS) is 12.4. The molecule has 0 spiro atoms. The van der Waals surface area contributed by atoms with Gasteiger partial charge in [-0.15, -0.1) is 0 Å². The largest absolute Gasteiger partial charge is 0.324 e. The van der Waals surface area contributed by atoms with Gasteiger partial charge in [0.15, 0.2) is 0 Å². The average Bonchev–Trinajstić information content (AvgIpc) is 2.32. The van der Waals surface area contributed by atoms with Crippen LogP contribution in [0.2, 0.25) is 5.02 Å². The summed E-state index contributed by atoms with van der Waals surface area (Å²) in [6, 6.07) is 14.1. The molecule has 2 N–H and O–H groups in total. The molecule has 2 aromatic rings. The highest BCUT2D eigenvalue weighted by Gasteiger charge is 2.10. The fraction of sp³-hybridized carbons (Fsp3) is 0.200. The minimum atomic E-state index is 0.0132. The van der Waals surface area contributed by atoms with Gasteiger partial charge >= 0.3 is 0 Å². The van der Waals surface area contributed by atoms with Gasteiger partial charge in [0.2, 0.25) is 0 Å². The first-order valence-electron chi connectivity index (χ1n) is 5.82. The third kappa shape index (κ3) is 3.35. The third-order valence-electron chi connectivity index (χ3n) is 3.00. The molecule has 2 rings (SSSR count). The lowest BCUT2D eigenvalue weighted by Crippen LogP contribution is -2.14. The Bertz CT molecular complexity index is 537. The van der Waals surface area contributed by atoms with E-state index in [-0.39, 0.29) is 6.04 Å². The Labute approximate surface area is 121 Å². The number of benzene rings is 2. The summed E-state index contributed by atoms with van der Waals surface area (Å²) in [6.45, 7) is 2.09. The summed E-state index contributed by atoms with van der Waals surface area (Å²) in [4.78, 5) is 0. The molecule has 1 nitrogen and oxygen atoms in total. The quantitative estimate of drug-likeness (QED) is 0.873. The lowest BCUT2D eigenvalue weighted by molar-refractivity contribution is 0.716. The van der Waals surface area contributed by atoms with Crippen LogP contribution in [0.25, 0.3) is 0 Å². The predicted octanol–water partition coefficient (Wildman–Crippen LogP) is 4.65. The summed E-state index contributed by atoms with van der Waals surface area (Å²) in [5, 5.41) is 0.757. The van der Waals surface area contributed by atoms with E-state index in [0.29, 0.717) is 0 Å². The lowest BCUT2D eigenvalue weighted by Gasteiger charge is -2.15. The standard InChI is InChI=1S/C15H15BrClN/c1-10-8-12(16)4-7-14(10)15(18)9-11-2-5-13(17)6-3-11/h2-8,15H,9,18H2,1H3. The molecule has 0 aromatic heterocycles. The molecular formula is C15H15BrClN. The molecule has 0 heterocycles. The van der Waals surface area contributed by atoms with Gasteiger partial charge in [0.05, 0.1) is 0 Å². The molecule has 2 aromatic carbocycles. The minimum absolute atomic E-state index is 0.0132. The zero-order chi connectivity index (χ0) is 13.1. The SMILES string of the molecule is Cc1cc(Br)ccc1C(N)Cc1ccc(Cl)cc1. The fourth-order valence-corrected chi connectivity index (χ4v) is 2.64. The van der Waals surface area contributed by atoms with Crippen LogP contribution in [0.15, 0.2) is 46.9 Å². The predicted molar refractivity (Wildman–Crippen MR) is 81.0 cm³/mol. The fourth-order valence-electron chi connectivity index (χ4n) is 2.04. The highest BCUT2D eigenvalue weighted by Crippen LogP contribution is 2.23. The molecule has 0 radical (unpaired) electrons. The molecule has 0 bridgehead atoms. The van der Waals surface area contributed by atoms with Gasteiger partial charge in [0.25, 0.3) is 0 Å². The van der Waals surface area contributed by atoms with Crippen molar-refractivity contribution in [2.24, 2.45) is 5.73 Å². The van der Waals surface area contributed by atoms with Crippen LogP contribution in [0.3, 0.4) is 0 Å². The van der Waals surface area contributed by atoms with E-state index in [2.05, 4.69) is 35.0 Å². The van der Waals surface area contributed by atoms with Crippen LogP contribution in [0.5, 0.6) is 0 Å². The molecule has 0 aliphatic rings. The maximum absolute atomic E-state index is 6.27. The van der Waals surface area contributed by atoms with Crippen molar-refractivity contribution >= 4 is 27.5 Å². The van der Waals surface area contributed by atoms with E-state index < -0.39 is 0 Å². The van der Waals surface area contributed by atoms with E-state index in [1.54, 1.807) is 0 Å². The topological polar surface area (TPSA) is 26.0 Å².